The number of carbonyl (C=O) groups is 1. The van der Waals surface area contributed by atoms with Gasteiger partial charge in [0.05, 0.1) is 6.10 Å². The van der Waals surface area contributed by atoms with Gasteiger partial charge in [0.2, 0.25) is 0 Å². The van der Waals surface area contributed by atoms with Crippen molar-refractivity contribution in [3.63, 3.8) is 0 Å². The van der Waals surface area contributed by atoms with Crippen LogP contribution in [0.15, 0.2) is 72.3 Å². The highest BCUT2D eigenvalue weighted by molar-refractivity contribution is 6.92. The van der Waals surface area contributed by atoms with Crippen molar-refractivity contribution in [1.29, 1.82) is 0 Å². The van der Waals surface area contributed by atoms with Gasteiger partial charge < -0.3 is 8.85 Å². The first-order chi connectivity index (χ1) is 13.0. The largest absolute Gasteiger partial charge is 0.407 e. The molecule has 1 aliphatic rings. The van der Waals surface area contributed by atoms with Crippen molar-refractivity contribution in [3.05, 3.63) is 72.3 Å². The first-order valence-electron chi connectivity index (χ1n) is 9.65. The predicted molar refractivity (Wildman–Crippen MR) is 112 cm³/mol. The first-order valence-corrected chi connectivity index (χ1v) is 11.5. The Hall–Kier alpha value is -2.01. The van der Waals surface area contributed by atoms with Gasteiger partial charge >= 0.3 is 8.56 Å². The Balaban J connectivity index is 2.15. The SMILES string of the molecule is CC[C@H]1/C=C(/C)[C@@H](CC(C)=O)O[Si](c2ccccc2)(c2ccccc2)OC1. The lowest BCUT2D eigenvalue weighted by Gasteiger charge is -2.38. The van der Waals surface area contributed by atoms with E-state index in [0.29, 0.717) is 18.9 Å². The van der Waals surface area contributed by atoms with Gasteiger partial charge in [-0.05, 0) is 42.1 Å². The molecule has 0 bridgehead atoms. The molecule has 1 aliphatic heterocycles. The van der Waals surface area contributed by atoms with Gasteiger partial charge in [0.15, 0.2) is 0 Å². The number of rotatable bonds is 5. The molecule has 0 radical (unpaired) electrons. The Bertz CT molecular complexity index is 746. The van der Waals surface area contributed by atoms with E-state index in [1.807, 2.05) is 36.4 Å². The molecule has 1 heterocycles. The summed E-state index contributed by atoms with van der Waals surface area (Å²) in [6.07, 6.45) is 3.33. The summed E-state index contributed by atoms with van der Waals surface area (Å²) >= 11 is 0. The summed E-state index contributed by atoms with van der Waals surface area (Å²) in [5.74, 6) is 0.452. The number of hydrogen-bond donors (Lipinski definition) is 0. The molecule has 3 rings (SSSR count). The van der Waals surface area contributed by atoms with E-state index in [1.165, 1.54) is 0 Å². The van der Waals surface area contributed by atoms with Crippen LogP contribution in [-0.4, -0.2) is 27.1 Å². The standard InChI is InChI=1S/C23H28O3Si/c1-4-20-15-18(2)23(16-19(3)24)26-27(25-17-20,21-11-7-5-8-12-21)22-13-9-6-10-14-22/h5-15,20,23H,4,16-17H2,1-3H3/b18-15-/t20-,23+/m0/s1. The van der Waals surface area contributed by atoms with Gasteiger partial charge in [-0.15, -0.1) is 0 Å². The maximum atomic E-state index is 12.0. The van der Waals surface area contributed by atoms with Crippen molar-refractivity contribution in [2.45, 2.75) is 39.7 Å². The Morgan fingerprint density at radius 3 is 2.07 bits per heavy atom. The van der Waals surface area contributed by atoms with E-state index in [9.17, 15) is 4.79 Å². The van der Waals surface area contributed by atoms with Crippen LogP contribution in [0, 0.1) is 5.92 Å². The molecule has 0 fully saturated rings. The summed E-state index contributed by atoms with van der Waals surface area (Å²) in [5.41, 5.74) is 1.13. The van der Waals surface area contributed by atoms with Crippen LogP contribution in [0.5, 0.6) is 0 Å². The van der Waals surface area contributed by atoms with E-state index in [2.05, 4.69) is 44.2 Å². The third kappa shape index (κ3) is 4.46. The van der Waals surface area contributed by atoms with E-state index in [1.54, 1.807) is 6.92 Å². The van der Waals surface area contributed by atoms with Crippen molar-refractivity contribution in [2.75, 3.05) is 6.61 Å². The predicted octanol–water partition coefficient (Wildman–Crippen LogP) is 3.61. The van der Waals surface area contributed by atoms with Crippen LogP contribution in [-0.2, 0) is 13.6 Å². The average Bonchev–Trinajstić information content (AvgIpc) is 2.69. The molecule has 3 nitrogen and oxygen atoms in total. The van der Waals surface area contributed by atoms with Crippen molar-refractivity contribution in [1.82, 2.24) is 0 Å². The van der Waals surface area contributed by atoms with E-state index < -0.39 is 8.56 Å². The lowest BCUT2D eigenvalue weighted by molar-refractivity contribution is -0.118. The van der Waals surface area contributed by atoms with Gasteiger partial charge in [0.25, 0.3) is 0 Å². The van der Waals surface area contributed by atoms with E-state index in [4.69, 9.17) is 8.85 Å². The summed E-state index contributed by atoms with van der Waals surface area (Å²) in [6, 6.07) is 20.5. The lowest BCUT2D eigenvalue weighted by atomic mass is 9.99. The second-order valence-corrected chi connectivity index (χ2v) is 10.2. The highest BCUT2D eigenvalue weighted by atomic mass is 28.4. The molecule has 2 atom stereocenters. The Morgan fingerprint density at radius 2 is 1.59 bits per heavy atom. The number of hydrogen-bond acceptors (Lipinski definition) is 3. The Labute approximate surface area is 163 Å². The van der Waals surface area contributed by atoms with Gasteiger partial charge in [-0.1, -0.05) is 73.7 Å². The zero-order valence-electron chi connectivity index (χ0n) is 16.4. The monoisotopic (exact) mass is 380 g/mol. The fraction of sp³-hybridized carbons (Fsp3) is 0.348. The maximum Gasteiger partial charge on any atom is 0.407 e. The van der Waals surface area contributed by atoms with Gasteiger partial charge in [-0.3, -0.25) is 4.79 Å². The van der Waals surface area contributed by atoms with Crippen molar-refractivity contribution in [3.8, 4) is 0 Å². The highest BCUT2D eigenvalue weighted by Gasteiger charge is 2.46. The summed E-state index contributed by atoms with van der Waals surface area (Å²) in [5, 5.41) is 2.16. The molecule has 142 valence electrons. The average molecular weight is 381 g/mol. The summed E-state index contributed by atoms with van der Waals surface area (Å²) in [6.45, 7) is 6.50. The molecule has 0 aromatic heterocycles. The molecule has 0 saturated carbocycles. The topological polar surface area (TPSA) is 35.5 Å². The van der Waals surface area contributed by atoms with Crippen LogP contribution < -0.4 is 10.4 Å². The van der Waals surface area contributed by atoms with Crippen molar-refractivity contribution >= 4 is 24.7 Å². The van der Waals surface area contributed by atoms with Gasteiger partial charge in [-0.25, -0.2) is 0 Å². The minimum absolute atomic E-state index is 0.130. The fourth-order valence-electron chi connectivity index (χ4n) is 3.56. The van der Waals surface area contributed by atoms with E-state index >= 15 is 0 Å². The van der Waals surface area contributed by atoms with Crippen molar-refractivity contribution in [2.24, 2.45) is 5.92 Å². The van der Waals surface area contributed by atoms with E-state index in [-0.39, 0.29) is 11.9 Å². The van der Waals surface area contributed by atoms with Crippen LogP contribution in [0.3, 0.4) is 0 Å². The zero-order chi connectivity index (χ0) is 19.3. The second-order valence-electron chi connectivity index (χ2n) is 7.25. The summed E-state index contributed by atoms with van der Waals surface area (Å²) < 4.78 is 13.5. The second kappa shape index (κ2) is 8.78. The summed E-state index contributed by atoms with van der Waals surface area (Å²) in [4.78, 5) is 12.0. The molecule has 0 spiro atoms. The van der Waals surface area contributed by atoms with Crippen LogP contribution >= 0.6 is 0 Å². The molecule has 0 saturated heterocycles. The molecule has 4 heteroatoms. The molecule has 0 N–H and O–H groups in total. The third-order valence-corrected chi connectivity index (χ3v) is 8.50. The molecule has 27 heavy (non-hydrogen) atoms. The molecule has 2 aromatic rings. The van der Waals surface area contributed by atoms with Gasteiger partial charge in [-0.2, -0.15) is 0 Å². The van der Waals surface area contributed by atoms with E-state index in [0.717, 1.165) is 22.4 Å². The third-order valence-electron chi connectivity index (χ3n) is 5.12. The molecule has 0 unspecified atom stereocenters. The van der Waals surface area contributed by atoms with Crippen LogP contribution in [0.4, 0.5) is 0 Å². The number of Topliss-reactive ketones (excluding diaryl/α,β-unsaturated/α-hetero) is 1. The zero-order valence-corrected chi connectivity index (χ0v) is 17.4. The summed E-state index contributed by atoms with van der Waals surface area (Å²) in [7, 11) is -2.94. The lowest BCUT2D eigenvalue weighted by Crippen LogP contribution is -2.65. The molecular formula is C23H28O3Si. The Morgan fingerprint density at radius 1 is 1.04 bits per heavy atom. The minimum Gasteiger partial charge on any atom is -0.387 e. The number of carbonyl (C=O) groups excluding carboxylic acids is 1. The van der Waals surface area contributed by atoms with Crippen molar-refractivity contribution < 1.29 is 13.6 Å². The number of benzene rings is 2. The molecule has 0 aliphatic carbocycles. The molecular weight excluding hydrogens is 352 g/mol. The highest BCUT2D eigenvalue weighted by Crippen LogP contribution is 2.25. The number of ketones is 1. The molecule has 0 amide bonds. The minimum atomic E-state index is -2.94. The van der Waals surface area contributed by atoms with Crippen LogP contribution in [0.1, 0.15) is 33.6 Å². The normalized spacial score (nSPS) is 24.3. The molecule has 2 aromatic carbocycles. The smallest absolute Gasteiger partial charge is 0.387 e. The van der Waals surface area contributed by atoms with Crippen LogP contribution in [0.2, 0.25) is 0 Å². The Kier molecular flexibility index (Phi) is 6.42. The maximum absolute atomic E-state index is 12.0. The van der Waals surface area contributed by atoms with Gasteiger partial charge in [0, 0.05) is 13.0 Å². The van der Waals surface area contributed by atoms with Crippen LogP contribution in [0.25, 0.3) is 0 Å². The quantitative estimate of drug-likeness (QED) is 0.587. The fourth-order valence-corrected chi connectivity index (χ4v) is 6.95. The first kappa shape index (κ1) is 19.7. The van der Waals surface area contributed by atoms with Gasteiger partial charge in [0.1, 0.15) is 5.78 Å².